The molecule has 0 amide bonds. The number of sulfonamides is 1. The SMILES string of the molecule is Cc1ccc(S(=O)(=O)Nc2cc(S(=O)(=O)O)c(N)c3c2C(=O)c2ccccc2C3=O)cc1.[Na+]. The number of hydrogen-bond donors (Lipinski definition) is 3. The molecule has 0 saturated carbocycles. The van der Waals surface area contributed by atoms with Crippen LogP contribution in [0.15, 0.2) is 64.4 Å². The van der Waals surface area contributed by atoms with Gasteiger partial charge in [0.15, 0.2) is 11.6 Å². The summed E-state index contributed by atoms with van der Waals surface area (Å²) in [6.07, 6.45) is 0. The number of fused-ring (bicyclic) bond motifs is 2. The number of anilines is 2. The van der Waals surface area contributed by atoms with Crippen LogP contribution in [0.5, 0.6) is 0 Å². The monoisotopic (exact) mass is 495 g/mol. The van der Waals surface area contributed by atoms with E-state index in [1.807, 2.05) is 0 Å². The minimum absolute atomic E-state index is 0. The van der Waals surface area contributed by atoms with Crippen molar-refractivity contribution in [2.45, 2.75) is 16.7 Å². The van der Waals surface area contributed by atoms with Crippen LogP contribution in [0.1, 0.15) is 37.4 Å². The molecule has 9 nitrogen and oxygen atoms in total. The third-order valence-corrected chi connectivity index (χ3v) is 7.33. The first kappa shape index (κ1) is 25.1. The van der Waals surface area contributed by atoms with E-state index in [4.69, 9.17) is 5.73 Å². The van der Waals surface area contributed by atoms with Crippen LogP contribution in [0, 0.1) is 6.92 Å². The van der Waals surface area contributed by atoms with Crippen molar-refractivity contribution in [3.63, 3.8) is 0 Å². The molecular formula is C21H16N2NaO7S2+. The van der Waals surface area contributed by atoms with Gasteiger partial charge in [-0.25, -0.2) is 8.42 Å². The molecule has 0 heterocycles. The largest absolute Gasteiger partial charge is 1.00 e. The molecule has 0 bridgehead atoms. The zero-order valence-electron chi connectivity index (χ0n) is 17.5. The molecule has 4 rings (SSSR count). The Hall–Kier alpha value is -2.54. The van der Waals surface area contributed by atoms with Gasteiger partial charge in [-0.2, -0.15) is 8.42 Å². The van der Waals surface area contributed by atoms with Crippen LogP contribution in [0.2, 0.25) is 0 Å². The van der Waals surface area contributed by atoms with Gasteiger partial charge in [-0.15, -0.1) is 0 Å². The first-order valence-electron chi connectivity index (χ1n) is 9.13. The Morgan fingerprint density at radius 3 is 1.88 bits per heavy atom. The standard InChI is InChI=1S/C21H16N2O7S2.Na/c1-11-6-8-12(9-7-11)31(26,27)23-15-10-16(32(28,29)30)19(22)18-17(15)20(24)13-4-2-3-5-14(13)21(18)25;/h2-10,23H,22H2,1H3,(H,28,29,30);/q;+1. The Bertz CT molecular complexity index is 1530. The maximum Gasteiger partial charge on any atom is 1.00 e. The van der Waals surface area contributed by atoms with Crippen molar-refractivity contribution in [3.8, 4) is 0 Å². The maximum absolute atomic E-state index is 13.2. The van der Waals surface area contributed by atoms with Gasteiger partial charge in [-0.1, -0.05) is 42.0 Å². The molecule has 3 aromatic carbocycles. The molecule has 1 aliphatic carbocycles. The molecule has 0 fully saturated rings. The number of nitrogens with two attached hydrogens (primary N) is 1. The quantitative estimate of drug-likeness (QED) is 0.192. The van der Waals surface area contributed by atoms with Gasteiger partial charge in [0.25, 0.3) is 20.1 Å². The summed E-state index contributed by atoms with van der Waals surface area (Å²) in [5.41, 5.74) is 4.65. The predicted molar refractivity (Wildman–Crippen MR) is 116 cm³/mol. The van der Waals surface area contributed by atoms with E-state index < -0.39 is 59.1 Å². The van der Waals surface area contributed by atoms with Gasteiger partial charge in [-0.3, -0.25) is 18.9 Å². The van der Waals surface area contributed by atoms with Crippen LogP contribution in [-0.2, 0) is 20.1 Å². The van der Waals surface area contributed by atoms with E-state index in [2.05, 4.69) is 4.72 Å². The second-order valence-electron chi connectivity index (χ2n) is 7.18. The van der Waals surface area contributed by atoms with Crippen LogP contribution in [-0.4, -0.2) is 33.0 Å². The minimum Gasteiger partial charge on any atom is -0.397 e. The zero-order chi connectivity index (χ0) is 23.4. The number of aryl methyl sites for hydroxylation is 1. The Morgan fingerprint density at radius 1 is 0.848 bits per heavy atom. The van der Waals surface area contributed by atoms with Crippen LogP contribution in [0.3, 0.4) is 0 Å². The molecule has 164 valence electrons. The number of carbonyl (C=O) groups excluding carboxylic acids is 2. The first-order valence-corrected chi connectivity index (χ1v) is 12.1. The number of hydrogen-bond acceptors (Lipinski definition) is 7. The van der Waals surface area contributed by atoms with E-state index in [-0.39, 0.29) is 45.6 Å². The molecule has 33 heavy (non-hydrogen) atoms. The topological polar surface area (TPSA) is 161 Å². The van der Waals surface area contributed by atoms with E-state index in [0.717, 1.165) is 11.6 Å². The molecule has 0 saturated heterocycles. The third-order valence-electron chi connectivity index (χ3n) is 5.05. The first-order chi connectivity index (χ1) is 14.9. The van der Waals surface area contributed by atoms with Gasteiger partial charge in [0.1, 0.15) is 4.90 Å². The summed E-state index contributed by atoms with van der Waals surface area (Å²) in [5, 5.41) is 0. The van der Waals surface area contributed by atoms with Gasteiger partial charge >= 0.3 is 29.6 Å². The molecule has 3 aromatic rings. The van der Waals surface area contributed by atoms with Crippen molar-refractivity contribution in [1.29, 1.82) is 0 Å². The maximum atomic E-state index is 13.2. The third kappa shape index (κ3) is 4.35. The molecule has 12 heteroatoms. The molecule has 4 N–H and O–H groups in total. The number of nitrogens with one attached hydrogen (secondary N) is 1. The summed E-state index contributed by atoms with van der Waals surface area (Å²) in [4.78, 5) is 25.2. The fourth-order valence-electron chi connectivity index (χ4n) is 3.51. The molecule has 1 aliphatic rings. The van der Waals surface area contributed by atoms with Crippen LogP contribution in [0.25, 0.3) is 0 Å². The van der Waals surface area contributed by atoms with E-state index in [9.17, 15) is 31.0 Å². The summed E-state index contributed by atoms with van der Waals surface area (Å²) in [6.45, 7) is 1.76. The van der Waals surface area contributed by atoms with Crippen molar-refractivity contribution < 1.29 is 60.5 Å². The van der Waals surface area contributed by atoms with E-state index >= 15 is 0 Å². The van der Waals surface area contributed by atoms with Crippen molar-refractivity contribution >= 4 is 43.1 Å². The Morgan fingerprint density at radius 2 is 1.36 bits per heavy atom. The summed E-state index contributed by atoms with van der Waals surface area (Å²) >= 11 is 0. The second kappa shape index (κ2) is 8.67. The summed E-state index contributed by atoms with van der Waals surface area (Å²) in [6, 6.07) is 12.3. The molecule has 0 unspecified atom stereocenters. The van der Waals surface area contributed by atoms with Crippen LogP contribution < -0.4 is 40.0 Å². The fourth-order valence-corrected chi connectivity index (χ4v) is 5.22. The Kier molecular flexibility index (Phi) is 6.59. The number of benzene rings is 3. The Balaban J connectivity index is 0.00000306. The summed E-state index contributed by atoms with van der Waals surface area (Å²) < 4.78 is 61.4. The number of nitrogen functional groups attached to an aromatic ring is 1. The molecule has 0 radical (unpaired) electrons. The molecule has 0 spiro atoms. The molecular weight excluding hydrogens is 479 g/mol. The van der Waals surface area contributed by atoms with E-state index in [1.165, 1.54) is 36.4 Å². The zero-order valence-corrected chi connectivity index (χ0v) is 21.1. The molecule has 0 aliphatic heterocycles. The minimum atomic E-state index is -4.96. The van der Waals surface area contributed by atoms with Crippen molar-refractivity contribution in [1.82, 2.24) is 0 Å². The van der Waals surface area contributed by atoms with Gasteiger partial charge in [-0.05, 0) is 25.1 Å². The normalized spacial score (nSPS) is 13.0. The second-order valence-corrected chi connectivity index (χ2v) is 10.3. The van der Waals surface area contributed by atoms with E-state index in [0.29, 0.717) is 0 Å². The van der Waals surface area contributed by atoms with Gasteiger partial charge in [0.2, 0.25) is 0 Å². The molecule has 0 aromatic heterocycles. The molecule has 0 atom stereocenters. The van der Waals surface area contributed by atoms with Crippen LogP contribution in [0.4, 0.5) is 11.4 Å². The average molecular weight is 495 g/mol. The van der Waals surface area contributed by atoms with Gasteiger partial charge in [0.05, 0.1) is 27.4 Å². The van der Waals surface area contributed by atoms with Crippen molar-refractivity contribution in [3.05, 3.63) is 82.4 Å². The summed E-state index contributed by atoms with van der Waals surface area (Å²) in [5.74, 6) is -1.49. The number of ketones is 2. The number of rotatable bonds is 4. The number of carbonyl (C=O) groups is 2. The van der Waals surface area contributed by atoms with Gasteiger partial charge < -0.3 is 5.73 Å². The summed E-state index contributed by atoms with van der Waals surface area (Å²) in [7, 11) is -9.24. The fraction of sp³-hybridized carbons (Fsp3) is 0.0476. The average Bonchev–Trinajstić information content (AvgIpc) is 2.72. The predicted octanol–water partition coefficient (Wildman–Crippen LogP) is -0.596. The van der Waals surface area contributed by atoms with Crippen molar-refractivity contribution in [2.24, 2.45) is 0 Å². The van der Waals surface area contributed by atoms with Crippen LogP contribution >= 0.6 is 0 Å². The smallest absolute Gasteiger partial charge is 0.397 e. The van der Waals surface area contributed by atoms with Crippen molar-refractivity contribution in [2.75, 3.05) is 10.5 Å². The van der Waals surface area contributed by atoms with Gasteiger partial charge in [0, 0.05) is 11.1 Å². The van der Waals surface area contributed by atoms with E-state index in [1.54, 1.807) is 19.1 Å². The Labute approximate surface area is 212 Å².